The Hall–Kier alpha value is -1.95. The Bertz CT molecular complexity index is 796. The molecule has 0 heterocycles. The minimum absolute atomic E-state index is 0.306. The molecule has 0 fully saturated rings. The number of benzene rings is 2. The number of sulfonamides is 1. The number of rotatable bonds is 3. The number of halogens is 2. The first-order chi connectivity index (χ1) is 10.1. The third kappa shape index (κ3) is 3.44. The molecule has 0 amide bonds. The van der Waals surface area contributed by atoms with E-state index in [1.54, 1.807) is 24.3 Å². The average Bonchev–Trinajstić information content (AvgIpc) is 2.40. The summed E-state index contributed by atoms with van der Waals surface area (Å²) in [6, 6.07) is 9.18. The van der Waals surface area contributed by atoms with Gasteiger partial charge in [-0.1, -0.05) is 39.0 Å². The van der Waals surface area contributed by atoms with Crippen LogP contribution in [0.2, 0.25) is 0 Å². The van der Waals surface area contributed by atoms with E-state index in [-0.39, 0.29) is 5.41 Å². The molecule has 2 aromatic rings. The van der Waals surface area contributed by atoms with Crippen LogP contribution >= 0.6 is 0 Å². The molecule has 0 bridgehead atoms. The molecule has 0 saturated carbocycles. The maximum absolute atomic E-state index is 13.7. The fourth-order valence-corrected chi connectivity index (χ4v) is 3.28. The van der Waals surface area contributed by atoms with Crippen molar-refractivity contribution >= 4 is 15.7 Å². The van der Waals surface area contributed by atoms with Crippen molar-refractivity contribution in [2.24, 2.45) is 0 Å². The van der Waals surface area contributed by atoms with E-state index >= 15 is 0 Å². The van der Waals surface area contributed by atoms with E-state index in [1.165, 1.54) is 0 Å². The van der Waals surface area contributed by atoms with Gasteiger partial charge in [0, 0.05) is 0 Å². The standard InChI is InChI=1S/C16H17F2NO2S/c1-16(2,3)12-6-4-5-7-14(12)19-22(20,21)15-10-11(17)8-9-13(15)18/h4-10,19H,1-3H3. The second kappa shape index (κ2) is 5.68. The third-order valence-corrected chi connectivity index (χ3v) is 4.54. The molecule has 3 nitrogen and oxygen atoms in total. The van der Waals surface area contributed by atoms with Crippen molar-refractivity contribution in [1.82, 2.24) is 0 Å². The van der Waals surface area contributed by atoms with Crippen LogP contribution in [0.3, 0.4) is 0 Å². The van der Waals surface area contributed by atoms with E-state index in [2.05, 4.69) is 4.72 Å². The summed E-state index contributed by atoms with van der Waals surface area (Å²) in [5.41, 5.74) is 0.800. The van der Waals surface area contributed by atoms with Gasteiger partial charge in [0.05, 0.1) is 5.69 Å². The number of hydrogen-bond donors (Lipinski definition) is 1. The van der Waals surface area contributed by atoms with Crippen LogP contribution in [0.4, 0.5) is 14.5 Å². The van der Waals surface area contributed by atoms with Crippen LogP contribution in [0.15, 0.2) is 47.4 Å². The van der Waals surface area contributed by atoms with Crippen molar-refractivity contribution in [3.05, 3.63) is 59.7 Å². The Morgan fingerprint density at radius 1 is 1.00 bits per heavy atom. The Labute approximate surface area is 129 Å². The molecule has 22 heavy (non-hydrogen) atoms. The molecule has 0 aliphatic rings. The third-order valence-electron chi connectivity index (χ3n) is 3.16. The van der Waals surface area contributed by atoms with Crippen molar-refractivity contribution in [3.63, 3.8) is 0 Å². The van der Waals surface area contributed by atoms with E-state index in [0.29, 0.717) is 11.8 Å². The van der Waals surface area contributed by atoms with Crippen LogP contribution in [0.25, 0.3) is 0 Å². The SMILES string of the molecule is CC(C)(C)c1ccccc1NS(=O)(=O)c1cc(F)ccc1F. The molecule has 0 spiro atoms. The molecular weight excluding hydrogens is 308 g/mol. The highest BCUT2D eigenvalue weighted by molar-refractivity contribution is 7.92. The summed E-state index contributed by atoms with van der Waals surface area (Å²) in [6.45, 7) is 5.80. The molecule has 0 radical (unpaired) electrons. The van der Waals surface area contributed by atoms with Gasteiger partial charge in [-0.25, -0.2) is 17.2 Å². The summed E-state index contributed by atoms with van der Waals surface area (Å²) < 4.78 is 54.0. The number of para-hydroxylation sites is 1. The Morgan fingerprint density at radius 2 is 1.64 bits per heavy atom. The second-order valence-electron chi connectivity index (χ2n) is 5.98. The van der Waals surface area contributed by atoms with E-state index < -0.39 is 26.6 Å². The van der Waals surface area contributed by atoms with Crippen LogP contribution in [-0.4, -0.2) is 8.42 Å². The summed E-state index contributed by atoms with van der Waals surface area (Å²) >= 11 is 0. The predicted octanol–water partition coefficient (Wildman–Crippen LogP) is 4.06. The van der Waals surface area contributed by atoms with Gasteiger partial charge in [-0.15, -0.1) is 0 Å². The Morgan fingerprint density at radius 3 is 2.27 bits per heavy atom. The number of hydrogen-bond acceptors (Lipinski definition) is 2. The van der Waals surface area contributed by atoms with Crippen LogP contribution < -0.4 is 4.72 Å². The molecule has 0 atom stereocenters. The van der Waals surface area contributed by atoms with Gasteiger partial charge >= 0.3 is 0 Å². The van der Waals surface area contributed by atoms with Gasteiger partial charge in [-0.2, -0.15) is 0 Å². The zero-order valence-corrected chi connectivity index (χ0v) is 13.3. The average molecular weight is 325 g/mol. The summed E-state index contributed by atoms with van der Waals surface area (Å²) in [5, 5.41) is 0. The van der Waals surface area contributed by atoms with E-state index in [1.807, 2.05) is 20.8 Å². The molecule has 2 rings (SSSR count). The predicted molar refractivity (Wildman–Crippen MR) is 82.3 cm³/mol. The van der Waals surface area contributed by atoms with Gasteiger partial charge in [0.25, 0.3) is 10.0 Å². The van der Waals surface area contributed by atoms with E-state index in [9.17, 15) is 17.2 Å². The fraction of sp³-hybridized carbons (Fsp3) is 0.250. The molecule has 6 heteroatoms. The minimum Gasteiger partial charge on any atom is -0.279 e. The quantitative estimate of drug-likeness (QED) is 0.925. The normalized spacial score (nSPS) is 12.2. The molecule has 0 aliphatic heterocycles. The number of nitrogens with one attached hydrogen (secondary N) is 1. The Balaban J connectivity index is 2.49. The van der Waals surface area contributed by atoms with E-state index in [4.69, 9.17) is 0 Å². The lowest BCUT2D eigenvalue weighted by molar-refractivity contribution is 0.555. The molecular formula is C16H17F2NO2S. The first kappa shape index (κ1) is 16.4. The summed E-state index contributed by atoms with van der Waals surface area (Å²) in [6.07, 6.45) is 0. The van der Waals surface area contributed by atoms with Gasteiger partial charge in [0.15, 0.2) is 0 Å². The van der Waals surface area contributed by atoms with E-state index in [0.717, 1.165) is 17.7 Å². The highest BCUT2D eigenvalue weighted by atomic mass is 32.2. The lowest BCUT2D eigenvalue weighted by Gasteiger charge is -2.23. The monoisotopic (exact) mass is 325 g/mol. The summed E-state index contributed by atoms with van der Waals surface area (Å²) in [7, 11) is -4.21. The summed E-state index contributed by atoms with van der Waals surface area (Å²) in [4.78, 5) is -0.712. The van der Waals surface area contributed by atoms with Crippen LogP contribution in [-0.2, 0) is 15.4 Å². The van der Waals surface area contributed by atoms with Crippen molar-refractivity contribution in [2.75, 3.05) is 4.72 Å². The Kier molecular flexibility index (Phi) is 4.24. The lowest BCUT2D eigenvalue weighted by Crippen LogP contribution is -2.20. The molecule has 0 saturated heterocycles. The highest BCUT2D eigenvalue weighted by Gasteiger charge is 2.24. The first-order valence-corrected chi connectivity index (χ1v) is 8.17. The maximum Gasteiger partial charge on any atom is 0.264 e. The fourth-order valence-electron chi connectivity index (χ4n) is 2.11. The summed E-state index contributed by atoms with van der Waals surface area (Å²) in [5.74, 6) is -1.81. The smallest absolute Gasteiger partial charge is 0.264 e. The van der Waals surface area contributed by atoms with Gasteiger partial charge in [-0.05, 0) is 35.2 Å². The lowest BCUT2D eigenvalue weighted by atomic mass is 9.86. The van der Waals surface area contributed by atoms with Crippen LogP contribution in [0, 0.1) is 11.6 Å². The van der Waals surface area contributed by atoms with Crippen molar-refractivity contribution in [3.8, 4) is 0 Å². The molecule has 0 aliphatic carbocycles. The van der Waals surface area contributed by atoms with Crippen LogP contribution in [0.5, 0.6) is 0 Å². The van der Waals surface area contributed by atoms with Gasteiger partial charge in [-0.3, -0.25) is 4.72 Å². The molecule has 1 N–H and O–H groups in total. The first-order valence-electron chi connectivity index (χ1n) is 6.68. The molecule has 2 aromatic carbocycles. The second-order valence-corrected chi connectivity index (χ2v) is 7.63. The minimum atomic E-state index is -4.21. The number of anilines is 1. The molecule has 0 unspecified atom stereocenters. The van der Waals surface area contributed by atoms with Gasteiger partial charge < -0.3 is 0 Å². The van der Waals surface area contributed by atoms with Crippen molar-refractivity contribution < 1.29 is 17.2 Å². The largest absolute Gasteiger partial charge is 0.279 e. The van der Waals surface area contributed by atoms with Crippen molar-refractivity contribution in [1.29, 1.82) is 0 Å². The molecule has 0 aromatic heterocycles. The van der Waals surface area contributed by atoms with Crippen LogP contribution in [0.1, 0.15) is 26.3 Å². The van der Waals surface area contributed by atoms with Gasteiger partial charge in [0.2, 0.25) is 0 Å². The van der Waals surface area contributed by atoms with Crippen molar-refractivity contribution in [2.45, 2.75) is 31.1 Å². The zero-order valence-electron chi connectivity index (χ0n) is 12.5. The maximum atomic E-state index is 13.7. The molecule has 118 valence electrons. The topological polar surface area (TPSA) is 46.2 Å². The highest BCUT2D eigenvalue weighted by Crippen LogP contribution is 2.31. The zero-order chi connectivity index (χ0) is 16.5. The van der Waals surface area contributed by atoms with Gasteiger partial charge in [0.1, 0.15) is 16.5 Å².